The number of rotatable bonds is 16. The van der Waals surface area contributed by atoms with Crippen LogP contribution in [0.2, 0.25) is 0 Å². The smallest absolute Gasteiger partial charge is 0.497 e. The van der Waals surface area contributed by atoms with Crippen LogP contribution in [0.5, 0.6) is 17.5 Å². The van der Waals surface area contributed by atoms with Gasteiger partial charge in [-0.15, -0.1) is 9.78 Å². The van der Waals surface area contributed by atoms with Crippen molar-refractivity contribution < 1.29 is 47.2 Å². The number of amidine groups is 1. The van der Waals surface area contributed by atoms with Crippen molar-refractivity contribution >= 4 is 23.6 Å². The lowest BCUT2D eigenvalue weighted by Gasteiger charge is -2.26. The predicted octanol–water partition coefficient (Wildman–Crippen LogP) is 6.08. The van der Waals surface area contributed by atoms with Crippen molar-refractivity contribution in [1.82, 2.24) is 30.0 Å². The van der Waals surface area contributed by atoms with Crippen molar-refractivity contribution in [2.24, 2.45) is 0 Å². The maximum atomic E-state index is 16.5. The van der Waals surface area contributed by atoms with Gasteiger partial charge < -0.3 is 39.4 Å². The zero-order valence-corrected chi connectivity index (χ0v) is 31.6. The Balaban J connectivity index is 1.34. The molecule has 2 aromatic heterocycles. The van der Waals surface area contributed by atoms with E-state index < -0.39 is 42.5 Å². The first kappa shape index (κ1) is 41.0. The van der Waals surface area contributed by atoms with E-state index in [0.29, 0.717) is 36.1 Å². The van der Waals surface area contributed by atoms with Gasteiger partial charge in [0.1, 0.15) is 36.5 Å². The van der Waals surface area contributed by atoms with E-state index in [9.17, 15) is 19.1 Å². The lowest BCUT2D eigenvalue weighted by molar-refractivity contribution is -0.0919. The Kier molecular flexibility index (Phi) is 13.7. The largest absolute Gasteiger partial charge is 0.511 e. The Morgan fingerprint density at radius 2 is 1.76 bits per heavy atom. The van der Waals surface area contributed by atoms with Crippen molar-refractivity contribution in [2.45, 2.75) is 63.6 Å². The molecule has 1 unspecified atom stereocenters. The molecule has 0 saturated heterocycles. The molecule has 18 heteroatoms. The second-order valence-electron chi connectivity index (χ2n) is 12.9. The summed E-state index contributed by atoms with van der Waals surface area (Å²) in [5, 5.41) is 28.3. The third-order valence-electron chi connectivity index (χ3n) is 8.96. The Bertz CT molecular complexity index is 2160. The molecule has 1 saturated carbocycles. The van der Waals surface area contributed by atoms with Crippen LogP contribution in [0.15, 0.2) is 85.2 Å². The molecular weight excluding hydrogens is 758 g/mol. The van der Waals surface area contributed by atoms with E-state index in [0.717, 1.165) is 4.68 Å². The summed E-state index contributed by atoms with van der Waals surface area (Å²) in [7, 11) is 1.39. The summed E-state index contributed by atoms with van der Waals surface area (Å²) in [5.41, 5.74) is 1.14. The van der Waals surface area contributed by atoms with Gasteiger partial charge in [0.2, 0.25) is 0 Å². The molecule has 58 heavy (non-hydrogen) atoms. The fourth-order valence-corrected chi connectivity index (χ4v) is 6.00. The van der Waals surface area contributed by atoms with E-state index in [4.69, 9.17) is 29.1 Å². The zero-order valence-electron chi connectivity index (χ0n) is 31.6. The molecule has 4 atom stereocenters. The maximum absolute atomic E-state index is 16.5. The number of aromatic nitrogens is 5. The van der Waals surface area contributed by atoms with Crippen LogP contribution in [-0.4, -0.2) is 86.6 Å². The van der Waals surface area contributed by atoms with Gasteiger partial charge in [-0.25, -0.2) is 23.5 Å². The first-order chi connectivity index (χ1) is 28.2. The van der Waals surface area contributed by atoms with Crippen LogP contribution in [0.3, 0.4) is 0 Å². The summed E-state index contributed by atoms with van der Waals surface area (Å²) in [6.45, 7) is 1.09. The summed E-state index contributed by atoms with van der Waals surface area (Å²) in [6, 6.07) is 17.7. The van der Waals surface area contributed by atoms with Crippen LogP contribution < -0.4 is 24.8 Å². The number of methoxy groups -OCH3 is 1. The highest BCUT2D eigenvalue weighted by atomic mass is 19.1. The molecule has 0 aliphatic heterocycles. The Hall–Kier alpha value is -6.69. The topological polar surface area (TPSA) is 205 Å². The minimum atomic E-state index is -1.30. The Morgan fingerprint density at radius 1 is 1.02 bits per heavy atom. The maximum Gasteiger partial charge on any atom is 0.511 e. The van der Waals surface area contributed by atoms with Crippen LogP contribution in [0.25, 0.3) is 5.95 Å². The third kappa shape index (κ3) is 10.2. The minimum Gasteiger partial charge on any atom is -0.497 e. The zero-order chi connectivity index (χ0) is 41.0. The monoisotopic (exact) mass is 800 g/mol. The van der Waals surface area contributed by atoms with Crippen molar-refractivity contribution in [2.75, 3.05) is 25.6 Å². The number of anilines is 1. The molecule has 304 valence electrons. The highest BCUT2D eigenvalue weighted by Gasteiger charge is 2.32. The van der Waals surface area contributed by atoms with Crippen LogP contribution in [0.4, 0.5) is 19.3 Å². The molecule has 4 N–H and O–H groups in total. The number of nitrogens with one attached hydrogen (secondary N) is 3. The molecule has 1 fully saturated rings. The molecule has 5 aromatic rings. The molecule has 1 aliphatic carbocycles. The van der Waals surface area contributed by atoms with Crippen molar-refractivity contribution in [3.8, 4) is 23.5 Å². The SMILES string of the molecule is CCC(OC(=O)O[C@H]1CCCC[C@@H]1F)Oc1nc([C@H](Nc2ccc(C(=N)NC(=O)c3ccccc3)cc2)c2cc(OC)cc(OCCO)c2F)nn1-c1ncccn1. The van der Waals surface area contributed by atoms with E-state index in [1.165, 1.54) is 31.6 Å². The number of nitrogens with zero attached hydrogens (tertiary/aromatic N) is 5. The van der Waals surface area contributed by atoms with Crippen LogP contribution in [-0.2, 0) is 9.47 Å². The van der Waals surface area contributed by atoms with E-state index in [1.807, 2.05) is 0 Å². The second-order valence-corrected chi connectivity index (χ2v) is 12.9. The van der Waals surface area contributed by atoms with Gasteiger partial charge in [0.05, 0.1) is 13.7 Å². The van der Waals surface area contributed by atoms with Crippen LogP contribution >= 0.6 is 0 Å². The normalized spacial score (nSPS) is 16.0. The fourth-order valence-electron chi connectivity index (χ4n) is 6.00. The molecular formula is C40H42F2N8O8. The third-order valence-corrected chi connectivity index (χ3v) is 8.96. The van der Waals surface area contributed by atoms with Gasteiger partial charge in [-0.2, -0.15) is 4.98 Å². The molecule has 2 heterocycles. The van der Waals surface area contributed by atoms with Gasteiger partial charge in [-0.3, -0.25) is 10.2 Å². The van der Waals surface area contributed by atoms with E-state index >= 15 is 4.39 Å². The lowest BCUT2D eigenvalue weighted by atomic mass is 9.96. The molecule has 0 bridgehead atoms. The molecule has 6 rings (SSSR count). The molecule has 1 aliphatic rings. The number of ether oxygens (including phenoxy) is 5. The average Bonchev–Trinajstić information content (AvgIpc) is 3.67. The van der Waals surface area contributed by atoms with Crippen LogP contribution in [0.1, 0.15) is 72.4 Å². The van der Waals surface area contributed by atoms with E-state index in [1.54, 1.807) is 67.6 Å². The van der Waals surface area contributed by atoms with Gasteiger partial charge in [0.15, 0.2) is 17.4 Å². The summed E-state index contributed by atoms with van der Waals surface area (Å²) >= 11 is 0. The van der Waals surface area contributed by atoms with Crippen molar-refractivity contribution in [3.05, 3.63) is 114 Å². The quantitative estimate of drug-likeness (QED) is 0.0387. The van der Waals surface area contributed by atoms with Crippen molar-refractivity contribution in [1.29, 1.82) is 5.41 Å². The molecule has 0 radical (unpaired) electrons. The number of hydrogen-bond donors (Lipinski definition) is 4. The molecule has 0 spiro atoms. The first-order valence-corrected chi connectivity index (χ1v) is 18.5. The van der Waals surface area contributed by atoms with Gasteiger partial charge >= 0.3 is 12.2 Å². The summed E-state index contributed by atoms with van der Waals surface area (Å²) in [5.74, 6) is -1.50. The molecule has 1 amide bonds. The van der Waals surface area contributed by atoms with Crippen molar-refractivity contribution in [3.63, 3.8) is 0 Å². The number of carbonyl (C=O) groups excluding carboxylic acids is 2. The summed E-state index contributed by atoms with van der Waals surface area (Å²) in [4.78, 5) is 38.6. The number of benzene rings is 3. The second kappa shape index (κ2) is 19.4. The fraction of sp³-hybridized carbons (Fsp3) is 0.325. The first-order valence-electron chi connectivity index (χ1n) is 18.5. The van der Waals surface area contributed by atoms with Gasteiger partial charge in [0.25, 0.3) is 18.1 Å². The highest BCUT2D eigenvalue weighted by molar-refractivity contribution is 6.11. The summed E-state index contributed by atoms with van der Waals surface area (Å²) < 4.78 is 59.8. The number of aliphatic hydroxyl groups is 1. The van der Waals surface area contributed by atoms with Gasteiger partial charge in [0, 0.05) is 47.3 Å². The molecule has 3 aromatic carbocycles. The number of hydrogen-bond acceptors (Lipinski definition) is 14. The molecule has 16 nitrogen and oxygen atoms in total. The average molecular weight is 801 g/mol. The standard InChI is InChI=1S/C40H42F2N8O8/c1-3-32(58-40(53)56-30-13-8-7-12-29(30)41)57-39-48-36(49-50(39)38-44-18-9-19-45-38)34(28-22-27(54-2)23-31(33(28)42)55-21-20-51)46-26-16-14-24(15-17-26)35(43)47-37(52)25-10-5-4-6-11-25/h4-6,9-11,14-19,22-23,29-30,32,34,46,51H,3,7-8,12-13,20-21H2,1-2H3,(H2,43,47,52)/t29-,30-,32?,34+/m0/s1. The minimum absolute atomic E-state index is 0.00778. The predicted molar refractivity (Wildman–Crippen MR) is 205 cm³/mol. The number of alkyl halides is 1. The number of amides is 1. The number of halogens is 2. The summed E-state index contributed by atoms with van der Waals surface area (Å²) in [6.07, 6.45) is 0.467. The van der Waals surface area contributed by atoms with Gasteiger partial charge in [-0.1, -0.05) is 31.5 Å². The highest BCUT2D eigenvalue weighted by Crippen LogP contribution is 2.36. The Morgan fingerprint density at radius 3 is 2.45 bits per heavy atom. The number of carbonyl (C=O) groups is 2. The number of aliphatic hydroxyl groups excluding tert-OH is 1. The van der Waals surface area contributed by atoms with E-state index in [2.05, 4.69) is 30.7 Å². The van der Waals surface area contributed by atoms with Gasteiger partial charge in [-0.05, 0) is 67.8 Å². The Labute approximate surface area is 332 Å². The van der Waals surface area contributed by atoms with Crippen LogP contribution in [0, 0.1) is 11.2 Å². The van der Waals surface area contributed by atoms with E-state index in [-0.39, 0.29) is 66.7 Å². The lowest BCUT2D eigenvalue weighted by Crippen LogP contribution is -2.34.